The molecule has 2 N–H and O–H groups in total. The summed E-state index contributed by atoms with van der Waals surface area (Å²) in [7, 11) is 0. The van der Waals surface area contributed by atoms with E-state index in [4.69, 9.17) is 9.15 Å². The standard InChI is InChI=1S/C15H17F2NO3/c1-10-2-3-13(21-10)8-18-7-11(19)9-20-12-4-5-14(16)15(17)6-12/h2-6,11,18-19H,7-9H2,1H3. The maximum atomic E-state index is 13.0. The van der Waals surface area contributed by atoms with Crippen LogP contribution >= 0.6 is 0 Å². The van der Waals surface area contributed by atoms with Gasteiger partial charge in [-0.3, -0.25) is 0 Å². The maximum absolute atomic E-state index is 13.0. The molecule has 2 aromatic rings. The average Bonchev–Trinajstić information content (AvgIpc) is 2.86. The van der Waals surface area contributed by atoms with Crippen LogP contribution in [-0.2, 0) is 6.54 Å². The highest BCUT2D eigenvalue weighted by Crippen LogP contribution is 2.15. The predicted molar refractivity (Wildman–Crippen MR) is 73.0 cm³/mol. The lowest BCUT2D eigenvalue weighted by Gasteiger charge is -2.13. The Morgan fingerprint density at radius 1 is 1.24 bits per heavy atom. The molecule has 1 atom stereocenters. The van der Waals surface area contributed by atoms with Crippen LogP contribution in [0.5, 0.6) is 5.75 Å². The second-order valence-electron chi connectivity index (χ2n) is 4.68. The molecule has 0 aliphatic rings. The van der Waals surface area contributed by atoms with Crippen molar-refractivity contribution in [3.8, 4) is 5.75 Å². The fourth-order valence-electron chi connectivity index (χ4n) is 1.76. The van der Waals surface area contributed by atoms with Crippen molar-refractivity contribution in [1.29, 1.82) is 0 Å². The lowest BCUT2D eigenvalue weighted by atomic mass is 10.3. The third-order valence-electron chi connectivity index (χ3n) is 2.81. The van der Waals surface area contributed by atoms with Gasteiger partial charge in [-0.1, -0.05) is 0 Å². The van der Waals surface area contributed by atoms with E-state index in [1.54, 1.807) is 0 Å². The molecular formula is C15H17F2NO3. The largest absolute Gasteiger partial charge is 0.491 e. The third-order valence-corrected chi connectivity index (χ3v) is 2.81. The number of aliphatic hydroxyl groups excluding tert-OH is 1. The van der Waals surface area contributed by atoms with Crippen LogP contribution < -0.4 is 10.1 Å². The molecule has 21 heavy (non-hydrogen) atoms. The quantitative estimate of drug-likeness (QED) is 0.824. The Labute approximate surface area is 121 Å². The summed E-state index contributed by atoms with van der Waals surface area (Å²) in [5.74, 6) is -0.128. The Hall–Kier alpha value is -1.92. The first kappa shape index (κ1) is 15.5. The van der Waals surface area contributed by atoms with Gasteiger partial charge >= 0.3 is 0 Å². The van der Waals surface area contributed by atoms with Gasteiger partial charge in [-0.05, 0) is 31.2 Å². The van der Waals surface area contributed by atoms with Crippen LogP contribution in [0, 0.1) is 18.6 Å². The molecule has 0 saturated heterocycles. The number of aryl methyl sites for hydroxylation is 1. The zero-order valence-electron chi connectivity index (χ0n) is 11.6. The number of hydrogen-bond acceptors (Lipinski definition) is 4. The van der Waals surface area contributed by atoms with E-state index in [-0.39, 0.29) is 12.4 Å². The highest BCUT2D eigenvalue weighted by atomic mass is 19.2. The van der Waals surface area contributed by atoms with Crippen molar-refractivity contribution < 1.29 is 23.0 Å². The van der Waals surface area contributed by atoms with Crippen molar-refractivity contribution in [2.45, 2.75) is 19.6 Å². The number of halogens is 2. The van der Waals surface area contributed by atoms with E-state index in [0.29, 0.717) is 13.1 Å². The van der Waals surface area contributed by atoms with Gasteiger partial charge in [0.05, 0.1) is 6.54 Å². The summed E-state index contributed by atoms with van der Waals surface area (Å²) in [5.41, 5.74) is 0. The molecule has 1 aromatic heterocycles. The number of aliphatic hydroxyl groups is 1. The van der Waals surface area contributed by atoms with E-state index in [2.05, 4.69) is 5.32 Å². The molecule has 0 spiro atoms. The van der Waals surface area contributed by atoms with Gasteiger partial charge in [-0.2, -0.15) is 0 Å². The van der Waals surface area contributed by atoms with Gasteiger partial charge < -0.3 is 19.6 Å². The van der Waals surface area contributed by atoms with E-state index >= 15 is 0 Å². The van der Waals surface area contributed by atoms with Crippen LogP contribution in [-0.4, -0.2) is 24.4 Å². The minimum Gasteiger partial charge on any atom is -0.491 e. The summed E-state index contributed by atoms with van der Waals surface area (Å²) in [6.07, 6.45) is -0.769. The molecule has 0 aliphatic heterocycles. The smallest absolute Gasteiger partial charge is 0.162 e. The van der Waals surface area contributed by atoms with E-state index in [0.717, 1.165) is 23.7 Å². The lowest BCUT2D eigenvalue weighted by Crippen LogP contribution is -2.31. The molecule has 0 radical (unpaired) electrons. The van der Waals surface area contributed by atoms with E-state index in [9.17, 15) is 13.9 Å². The molecule has 0 fully saturated rings. The first-order valence-corrected chi connectivity index (χ1v) is 6.56. The summed E-state index contributed by atoms with van der Waals surface area (Å²) in [4.78, 5) is 0. The summed E-state index contributed by atoms with van der Waals surface area (Å²) >= 11 is 0. The highest BCUT2D eigenvalue weighted by Gasteiger charge is 2.08. The number of benzene rings is 1. The van der Waals surface area contributed by atoms with Crippen molar-refractivity contribution >= 4 is 0 Å². The van der Waals surface area contributed by atoms with Crippen LogP contribution in [0.2, 0.25) is 0 Å². The van der Waals surface area contributed by atoms with Crippen molar-refractivity contribution in [3.05, 3.63) is 53.5 Å². The number of hydrogen-bond donors (Lipinski definition) is 2. The number of furan rings is 1. The molecule has 0 amide bonds. The molecule has 6 heteroatoms. The molecule has 2 rings (SSSR count). The topological polar surface area (TPSA) is 54.6 Å². The Morgan fingerprint density at radius 3 is 2.71 bits per heavy atom. The van der Waals surface area contributed by atoms with Gasteiger partial charge in [0.25, 0.3) is 0 Å². The normalized spacial score (nSPS) is 12.4. The van der Waals surface area contributed by atoms with Gasteiger partial charge in [-0.15, -0.1) is 0 Å². The van der Waals surface area contributed by atoms with Gasteiger partial charge in [0, 0.05) is 12.6 Å². The molecule has 0 aliphatic carbocycles. The molecule has 0 saturated carbocycles. The molecule has 114 valence electrons. The maximum Gasteiger partial charge on any atom is 0.162 e. The Bertz CT molecular complexity index is 586. The Kier molecular flexibility index (Phi) is 5.30. The molecular weight excluding hydrogens is 280 g/mol. The highest BCUT2D eigenvalue weighted by molar-refractivity contribution is 5.23. The minimum absolute atomic E-state index is 0.0186. The van der Waals surface area contributed by atoms with Crippen molar-refractivity contribution in [1.82, 2.24) is 5.32 Å². The zero-order chi connectivity index (χ0) is 15.2. The first-order valence-electron chi connectivity index (χ1n) is 6.56. The van der Waals surface area contributed by atoms with Gasteiger partial charge in [0.15, 0.2) is 11.6 Å². The second kappa shape index (κ2) is 7.19. The van der Waals surface area contributed by atoms with Gasteiger partial charge in [-0.25, -0.2) is 8.78 Å². The van der Waals surface area contributed by atoms with Crippen LogP contribution in [0.3, 0.4) is 0 Å². The van der Waals surface area contributed by atoms with E-state index in [1.165, 1.54) is 6.07 Å². The van der Waals surface area contributed by atoms with Gasteiger partial charge in [0.1, 0.15) is 30.0 Å². The fourth-order valence-corrected chi connectivity index (χ4v) is 1.76. The first-order chi connectivity index (χ1) is 10.0. The summed E-state index contributed by atoms with van der Waals surface area (Å²) < 4.78 is 36.2. The van der Waals surface area contributed by atoms with Crippen LogP contribution in [0.25, 0.3) is 0 Å². The fraction of sp³-hybridized carbons (Fsp3) is 0.333. The lowest BCUT2D eigenvalue weighted by molar-refractivity contribution is 0.105. The SMILES string of the molecule is Cc1ccc(CNCC(O)COc2ccc(F)c(F)c2)o1. The summed E-state index contributed by atoms with van der Waals surface area (Å²) in [6.45, 7) is 2.63. The Balaban J connectivity index is 1.69. The van der Waals surface area contributed by atoms with Crippen LogP contribution in [0.15, 0.2) is 34.7 Å². The van der Waals surface area contributed by atoms with Crippen LogP contribution in [0.1, 0.15) is 11.5 Å². The minimum atomic E-state index is -0.978. The third kappa shape index (κ3) is 4.84. The van der Waals surface area contributed by atoms with E-state index < -0.39 is 17.7 Å². The number of nitrogens with one attached hydrogen (secondary N) is 1. The van der Waals surface area contributed by atoms with Gasteiger partial charge in [0.2, 0.25) is 0 Å². The molecule has 4 nitrogen and oxygen atoms in total. The predicted octanol–water partition coefficient (Wildman–Crippen LogP) is 2.40. The van der Waals surface area contributed by atoms with Crippen molar-refractivity contribution in [3.63, 3.8) is 0 Å². The molecule has 1 aromatic carbocycles. The van der Waals surface area contributed by atoms with Crippen LogP contribution in [0.4, 0.5) is 8.78 Å². The zero-order valence-corrected chi connectivity index (χ0v) is 11.6. The molecule has 1 heterocycles. The van der Waals surface area contributed by atoms with Crippen molar-refractivity contribution in [2.24, 2.45) is 0 Å². The number of ether oxygens (including phenoxy) is 1. The van der Waals surface area contributed by atoms with Crippen molar-refractivity contribution in [2.75, 3.05) is 13.2 Å². The Morgan fingerprint density at radius 2 is 2.05 bits per heavy atom. The average molecular weight is 297 g/mol. The van der Waals surface area contributed by atoms with E-state index in [1.807, 2.05) is 19.1 Å². The summed E-state index contributed by atoms with van der Waals surface area (Å²) in [6, 6.07) is 6.95. The molecule has 1 unspecified atom stereocenters. The molecule has 0 bridgehead atoms. The number of rotatable bonds is 7. The summed E-state index contributed by atoms with van der Waals surface area (Å²) in [5, 5.41) is 12.7. The monoisotopic (exact) mass is 297 g/mol. The second-order valence-corrected chi connectivity index (χ2v) is 4.68.